The summed E-state index contributed by atoms with van der Waals surface area (Å²) in [6.07, 6.45) is 10.8. The molecule has 0 aromatic carbocycles. The Balaban J connectivity index is 3.90. The van der Waals surface area contributed by atoms with Gasteiger partial charge in [0.25, 0.3) is 0 Å². The third-order valence-electron chi connectivity index (χ3n) is 4.09. The first-order valence-corrected chi connectivity index (χ1v) is 10.7. The summed E-state index contributed by atoms with van der Waals surface area (Å²) in [4.78, 5) is 23.8. The third kappa shape index (κ3) is 15.3. The standard InChI is InChI=1S/C20H38ClNO4/c1-4-5-6-7-8-9-10-11-12-14-25-19(23)18(16-17(2)3)22-20(24)26-15-13-21/h17-18H,4-16H2,1-3H3,(H,22,24). The lowest BCUT2D eigenvalue weighted by molar-refractivity contribution is -0.146. The molecule has 6 heteroatoms. The Morgan fingerprint density at radius 2 is 1.46 bits per heavy atom. The van der Waals surface area contributed by atoms with E-state index in [9.17, 15) is 9.59 Å². The Hall–Kier alpha value is -0.970. The van der Waals surface area contributed by atoms with Crippen molar-refractivity contribution in [1.82, 2.24) is 5.32 Å². The fourth-order valence-corrected chi connectivity index (χ4v) is 2.76. The van der Waals surface area contributed by atoms with E-state index in [-0.39, 0.29) is 24.4 Å². The molecule has 0 saturated heterocycles. The van der Waals surface area contributed by atoms with Crippen LogP contribution < -0.4 is 5.32 Å². The molecule has 0 spiro atoms. The van der Waals surface area contributed by atoms with Gasteiger partial charge in [0, 0.05) is 0 Å². The van der Waals surface area contributed by atoms with Crippen LogP contribution in [0.3, 0.4) is 0 Å². The average molecular weight is 392 g/mol. The van der Waals surface area contributed by atoms with Crippen LogP contribution in [0.15, 0.2) is 0 Å². The zero-order valence-corrected chi connectivity index (χ0v) is 17.6. The number of rotatable bonds is 16. The van der Waals surface area contributed by atoms with Gasteiger partial charge in [0.1, 0.15) is 12.6 Å². The van der Waals surface area contributed by atoms with Crippen molar-refractivity contribution in [3.63, 3.8) is 0 Å². The molecule has 1 unspecified atom stereocenters. The van der Waals surface area contributed by atoms with Crippen LogP contribution in [0.2, 0.25) is 0 Å². The smallest absolute Gasteiger partial charge is 0.407 e. The molecular weight excluding hydrogens is 354 g/mol. The molecule has 0 rings (SSSR count). The zero-order valence-electron chi connectivity index (χ0n) is 16.9. The van der Waals surface area contributed by atoms with Crippen molar-refractivity contribution in [2.75, 3.05) is 19.1 Å². The van der Waals surface area contributed by atoms with Crippen molar-refractivity contribution in [2.24, 2.45) is 5.92 Å². The zero-order chi connectivity index (χ0) is 19.6. The number of ether oxygens (including phenoxy) is 2. The number of hydrogen-bond donors (Lipinski definition) is 1. The molecule has 0 fully saturated rings. The van der Waals surface area contributed by atoms with Crippen molar-refractivity contribution in [1.29, 1.82) is 0 Å². The molecule has 0 aliphatic rings. The molecule has 0 aliphatic heterocycles. The molecule has 1 amide bonds. The first-order valence-electron chi connectivity index (χ1n) is 10.2. The van der Waals surface area contributed by atoms with E-state index in [2.05, 4.69) is 12.2 Å². The van der Waals surface area contributed by atoms with E-state index in [0.29, 0.717) is 13.0 Å². The molecule has 0 heterocycles. The molecule has 0 radical (unpaired) electrons. The minimum absolute atomic E-state index is 0.120. The second kappa shape index (κ2) is 17.4. The number of alkyl halides is 1. The van der Waals surface area contributed by atoms with E-state index in [1.54, 1.807) is 0 Å². The molecule has 5 nitrogen and oxygen atoms in total. The van der Waals surface area contributed by atoms with Gasteiger partial charge in [-0.1, -0.05) is 72.1 Å². The van der Waals surface area contributed by atoms with Gasteiger partial charge in [-0.2, -0.15) is 0 Å². The van der Waals surface area contributed by atoms with Gasteiger partial charge in [0.2, 0.25) is 0 Å². The second-order valence-electron chi connectivity index (χ2n) is 7.15. The minimum Gasteiger partial charge on any atom is -0.464 e. The second-order valence-corrected chi connectivity index (χ2v) is 7.53. The lowest BCUT2D eigenvalue weighted by atomic mass is 10.0. The average Bonchev–Trinajstić information content (AvgIpc) is 2.60. The molecule has 1 N–H and O–H groups in total. The summed E-state index contributed by atoms with van der Waals surface area (Å²) in [5.74, 6) is 0.0976. The molecular formula is C20H38ClNO4. The Morgan fingerprint density at radius 1 is 0.885 bits per heavy atom. The molecule has 154 valence electrons. The van der Waals surface area contributed by atoms with Crippen LogP contribution in [0.25, 0.3) is 0 Å². The predicted octanol–water partition coefficient (Wildman–Crippen LogP) is 5.44. The van der Waals surface area contributed by atoms with Crippen LogP contribution in [-0.4, -0.2) is 37.2 Å². The lowest BCUT2D eigenvalue weighted by Crippen LogP contribution is -2.43. The number of unbranched alkanes of at least 4 members (excludes halogenated alkanes) is 8. The highest BCUT2D eigenvalue weighted by molar-refractivity contribution is 6.18. The fourth-order valence-electron chi connectivity index (χ4n) is 2.69. The van der Waals surface area contributed by atoms with E-state index in [4.69, 9.17) is 21.1 Å². The van der Waals surface area contributed by atoms with Gasteiger partial charge in [0.15, 0.2) is 0 Å². The summed E-state index contributed by atoms with van der Waals surface area (Å²) in [6.45, 7) is 6.74. The van der Waals surface area contributed by atoms with E-state index in [1.165, 1.54) is 44.9 Å². The van der Waals surface area contributed by atoms with Gasteiger partial charge in [-0.05, 0) is 18.8 Å². The van der Waals surface area contributed by atoms with Crippen LogP contribution in [0, 0.1) is 5.92 Å². The number of esters is 1. The maximum atomic E-state index is 12.2. The van der Waals surface area contributed by atoms with Crippen molar-refractivity contribution < 1.29 is 19.1 Å². The SMILES string of the molecule is CCCCCCCCCCCOC(=O)C(CC(C)C)NC(=O)OCCCl. The number of hydrogen-bond acceptors (Lipinski definition) is 4. The van der Waals surface area contributed by atoms with Gasteiger partial charge < -0.3 is 14.8 Å². The Morgan fingerprint density at radius 3 is 2.00 bits per heavy atom. The van der Waals surface area contributed by atoms with E-state index in [0.717, 1.165) is 12.8 Å². The normalized spacial score (nSPS) is 12.0. The molecule has 0 aromatic heterocycles. The monoisotopic (exact) mass is 391 g/mol. The van der Waals surface area contributed by atoms with Crippen molar-refractivity contribution >= 4 is 23.7 Å². The van der Waals surface area contributed by atoms with Crippen molar-refractivity contribution in [3.8, 4) is 0 Å². The Labute approximate surface area is 164 Å². The fraction of sp³-hybridized carbons (Fsp3) is 0.900. The highest BCUT2D eigenvalue weighted by atomic mass is 35.5. The molecule has 1 atom stereocenters. The summed E-state index contributed by atoms with van der Waals surface area (Å²) >= 11 is 5.48. The summed E-state index contributed by atoms with van der Waals surface area (Å²) in [7, 11) is 0. The maximum Gasteiger partial charge on any atom is 0.407 e. The van der Waals surface area contributed by atoms with Crippen molar-refractivity contribution in [3.05, 3.63) is 0 Å². The number of carbonyl (C=O) groups is 2. The number of amides is 1. The molecule has 0 aromatic rings. The first kappa shape index (κ1) is 25.0. The van der Waals surface area contributed by atoms with Crippen molar-refractivity contribution in [2.45, 2.75) is 91.0 Å². The highest BCUT2D eigenvalue weighted by Gasteiger charge is 2.23. The van der Waals surface area contributed by atoms with Gasteiger partial charge in [-0.3, -0.25) is 0 Å². The van der Waals surface area contributed by atoms with Gasteiger partial charge in [0.05, 0.1) is 12.5 Å². The van der Waals surface area contributed by atoms with Crippen LogP contribution in [-0.2, 0) is 14.3 Å². The van der Waals surface area contributed by atoms with E-state index < -0.39 is 12.1 Å². The van der Waals surface area contributed by atoms with E-state index in [1.807, 2.05) is 13.8 Å². The minimum atomic E-state index is -0.670. The Bertz CT molecular complexity index is 364. The largest absolute Gasteiger partial charge is 0.464 e. The number of carbonyl (C=O) groups excluding carboxylic acids is 2. The number of nitrogens with one attached hydrogen (secondary N) is 1. The van der Waals surface area contributed by atoms with Gasteiger partial charge in [-0.15, -0.1) is 11.6 Å². The lowest BCUT2D eigenvalue weighted by Gasteiger charge is -2.19. The molecule has 0 saturated carbocycles. The van der Waals surface area contributed by atoms with Gasteiger partial charge in [-0.25, -0.2) is 9.59 Å². The van der Waals surface area contributed by atoms with Crippen LogP contribution in [0.5, 0.6) is 0 Å². The maximum absolute atomic E-state index is 12.2. The summed E-state index contributed by atoms with van der Waals surface area (Å²) in [5.41, 5.74) is 0. The summed E-state index contributed by atoms with van der Waals surface area (Å²) in [5, 5.41) is 2.57. The van der Waals surface area contributed by atoms with Gasteiger partial charge >= 0.3 is 12.1 Å². The third-order valence-corrected chi connectivity index (χ3v) is 4.24. The predicted molar refractivity (Wildman–Crippen MR) is 107 cm³/mol. The number of alkyl carbamates (subject to hydrolysis) is 1. The Kier molecular flexibility index (Phi) is 16.8. The summed E-state index contributed by atoms with van der Waals surface area (Å²) in [6, 6.07) is -0.670. The molecule has 0 bridgehead atoms. The molecule has 26 heavy (non-hydrogen) atoms. The topological polar surface area (TPSA) is 64.6 Å². The molecule has 0 aliphatic carbocycles. The summed E-state index contributed by atoms with van der Waals surface area (Å²) < 4.78 is 10.2. The van der Waals surface area contributed by atoms with Crippen LogP contribution in [0.1, 0.15) is 85.0 Å². The highest BCUT2D eigenvalue weighted by Crippen LogP contribution is 2.11. The first-order chi connectivity index (χ1) is 12.5. The quantitative estimate of drug-likeness (QED) is 0.216. The van der Waals surface area contributed by atoms with Crippen LogP contribution in [0.4, 0.5) is 4.79 Å². The van der Waals surface area contributed by atoms with E-state index >= 15 is 0 Å². The van der Waals surface area contributed by atoms with Crippen LogP contribution >= 0.6 is 11.6 Å². The number of halogens is 1.